The van der Waals surface area contributed by atoms with Gasteiger partial charge in [0.1, 0.15) is 0 Å². The van der Waals surface area contributed by atoms with Crippen LogP contribution in [0.3, 0.4) is 0 Å². The van der Waals surface area contributed by atoms with Crippen LogP contribution in [0.25, 0.3) is 0 Å². The summed E-state index contributed by atoms with van der Waals surface area (Å²) in [5, 5.41) is 9.90. The summed E-state index contributed by atoms with van der Waals surface area (Å²) in [6.07, 6.45) is 1.41. The fraction of sp³-hybridized carbons (Fsp3) is 0.600. The fourth-order valence-electron chi connectivity index (χ4n) is 3.50. The number of aliphatic hydroxyl groups excluding tert-OH is 1. The van der Waals surface area contributed by atoms with Crippen molar-refractivity contribution in [3.63, 3.8) is 0 Å². The zero-order valence-corrected chi connectivity index (χ0v) is 12.8. The van der Waals surface area contributed by atoms with E-state index in [4.69, 9.17) is 5.73 Å². The first-order chi connectivity index (χ1) is 9.99. The molecule has 0 spiro atoms. The number of fused-ring (bicyclic) bond motifs is 1. The van der Waals surface area contributed by atoms with Crippen molar-refractivity contribution < 1.29 is 13.5 Å². The van der Waals surface area contributed by atoms with Gasteiger partial charge in [-0.05, 0) is 29.9 Å². The van der Waals surface area contributed by atoms with E-state index in [1.807, 2.05) is 24.3 Å². The van der Waals surface area contributed by atoms with E-state index >= 15 is 0 Å². The molecule has 0 radical (unpaired) electrons. The molecule has 1 saturated heterocycles. The van der Waals surface area contributed by atoms with Crippen LogP contribution in [0.5, 0.6) is 0 Å². The molecule has 1 aromatic rings. The van der Waals surface area contributed by atoms with Crippen LogP contribution in [0.2, 0.25) is 0 Å². The summed E-state index contributed by atoms with van der Waals surface area (Å²) in [5.41, 5.74) is 7.32. The predicted octanol–water partition coefficient (Wildman–Crippen LogP) is 0.678. The number of aliphatic hydroxyl groups is 1. The van der Waals surface area contributed by atoms with Crippen LogP contribution in [0.4, 0.5) is 0 Å². The maximum Gasteiger partial charge on any atom is 0.218 e. The average Bonchev–Trinajstić information content (AvgIpc) is 3.03. The molecule has 3 unspecified atom stereocenters. The van der Waals surface area contributed by atoms with Crippen LogP contribution in [0.15, 0.2) is 24.3 Å². The number of hydrogen-bond donors (Lipinski definition) is 2. The topological polar surface area (TPSA) is 83.6 Å². The fourth-order valence-corrected chi connectivity index (χ4v) is 5.11. The molecule has 0 amide bonds. The quantitative estimate of drug-likeness (QED) is 0.856. The largest absolute Gasteiger partial charge is 0.393 e. The Kier molecular flexibility index (Phi) is 4.05. The van der Waals surface area contributed by atoms with E-state index in [2.05, 4.69) is 0 Å². The minimum atomic E-state index is -3.31. The van der Waals surface area contributed by atoms with E-state index in [0.29, 0.717) is 25.6 Å². The van der Waals surface area contributed by atoms with E-state index in [9.17, 15) is 13.5 Å². The Morgan fingerprint density at radius 2 is 1.81 bits per heavy atom. The highest BCUT2D eigenvalue weighted by Crippen LogP contribution is 2.39. The SMILES string of the molecule is NCc1ccc(CS(=O)(=O)N2CC3CCC(O)C3C2)cc1. The Labute approximate surface area is 125 Å². The normalized spacial score (nSPS) is 29.7. The van der Waals surface area contributed by atoms with Gasteiger partial charge in [-0.15, -0.1) is 0 Å². The van der Waals surface area contributed by atoms with E-state index in [1.54, 1.807) is 4.31 Å². The van der Waals surface area contributed by atoms with Crippen LogP contribution < -0.4 is 5.73 Å². The number of benzene rings is 1. The minimum Gasteiger partial charge on any atom is -0.393 e. The first-order valence-electron chi connectivity index (χ1n) is 7.43. The lowest BCUT2D eigenvalue weighted by Crippen LogP contribution is -2.32. The second-order valence-corrected chi connectivity index (χ2v) is 8.13. The molecule has 1 saturated carbocycles. The number of nitrogens with zero attached hydrogens (tertiary/aromatic N) is 1. The molecule has 5 nitrogen and oxygen atoms in total. The Bertz CT molecular complexity index is 600. The van der Waals surface area contributed by atoms with Crippen molar-refractivity contribution in [2.24, 2.45) is 17.6 Å². The van der Waals surface area contributed by atoms with Gasteiger partial charge in [-0.2, -0.15) is 0 Å². The Morgan fingerprint density at radius 1 is 1.14 bits per heavy atom. The summed E-state index contributed by atoms with van der Waals surface area (Å²) in [7, 11) is -3.31. The van der Waals surface area contributed by atoms with Crippen molar-refractivity contribution in [3.8, 4) is 0 Å². The van der Waals surface area contributed by atoms with E-state index < -0.39 is 10.0 Å². The lowest BCUT2D eigenvalue weighted by Gasteiger charge is -2.18. The van der Waals surface area contributed by atoms with Gasteiger partial charge < -0.3 is 10.8 Å². The number of nitrogens with two attached hydrogens (primary N) is 1. The molecule has 2 fully saturated rings. The van der Waals surface area contributed by atoms with Gasteiger partial charge in [0.25, 0.3) is 0 Å². The summed E-state index contributed by atoms with van der Waals surface area (Å²) >= 11 is 0. The highest BCUT2D eigenvalue weighted by atomic mass is 32.2. The molecule has 21 heavy (non-hydrogen) atoms. The average molecular weight is 310 g/mol. The van der Waals surface area contributed by atoms with Gasteiger partial charge in [0.15, 0.2) is 0 Å². The Hall–Kier alpha value is -0.950. The van der Waals surface area contributed by atoms with Crippen molar-refractivity contribution in [1.29, 1.82) is 0 Å². The van der Waals surface area contributed by atoms with Gasteiger partial charge in [0.2, 0.25) is 10.0 Å². The first-order valence-corrected chi connectivity index (χ1v) is 9.04. The van der Waals surface area contributed by atoms with Gasteiger partial charge in [-0.25, -0.2) is 12.7 Å². The second kappa shape index (κ2) is 5.68. The summed E-state index contributed by atoms with van der Waals surface area (Å²) in [5.74, 6) is 0.474. The molecule has 3 atom stereocenters. The van der Waals surface area contributed by atoms with Crippen molar-refractivity contribution in [2.45, 2.75) is 31.2 Å². The smallest absolute Gasteiger partial charge is 0.218 e. The number of sulfonamides is 1. The molecule has 0 aromatic heterocycles. The lowest BCUT2D eigenvalue weighted by atomic mass is 10.00. The van der Waals surface area contributed by atoms with Crippen molar-refractivity contribution in [2.75, 3.05) is 13.1 Å². The molecule has 6 heteroatoms. The number of hydrogen-bond acceptors (Lipinski definition) is 4. The zero-order chi connectivity index (χ0) is 15.0. The van der Waals surface area contributed by atoms with Gasteiger partial charge >= 0.3 is 0 Å². The Morgan fingerprint density at radius 3 is 2.43 bits per heavy atom. The molecule has 3 rings (SSSR count). The minimum absolute atomic E-state index is 0.0212. The van der Waals surface area contributed by atoms with Crippen LogP contribution in [0.1, 0.15) is 24.0 Å². The van der Waals surface area contributed by atoms with Gasteiger partial charge in [-0.3, -0.25) is 0 Å². The van der Waals surface area contributed by atoms with E-state index in [1.165, 1.54) is 0 Å². The second-order valence-electron chi connectivity index (χ2n) is 6.16. The van der Waals surface area contributed by atoms with Crippen LogP contribution >= 0.6 is 0 Å². The Balaban J connectivity index is 1.69. The van der Waals surface area contributed by atoms with Crippen molar-refractivity contribution in [1.82, 2.24) is 4.31 Å². The lowest BCUT2D eigenvalue weighted by molar-refractivity contribution is 0.129. The highest BCUT2D eigenvalue weighted by molar-refractivity contribution is 7.88. The third-order valence-corrected chi connectivity index (χ3v) is 6.57. The molecule has 1 aliphatic heterocycles. The summed E-state index contributed by atoms with van der Waals surface area (Å²) in [6.45, 7) is 1.49. The summed E-state index contributed by atoms with van der Waals surface area (Å²) < 4.78 is 26.6. The van der Waals surface area contributed by atoms with Crippen LogP contribution in [-0.2, 0) is 22.3 Å². The number of rotatable bonds is 4. The monoisotopic (exact) mass is 310 g/mol. The van der Waals surface area contributed by atoms with Gasteiger partial charge in [0.05, 0.1) is 11.9 Å². The maximum atomic E-state index is 12.5. The molecular formula is C15H22N2O3S. The van der Waals surface area contributed by atoms with Gasteiger partial charge in [0, 0.05) is 25.6 Å². The zero-order valence-electron chi connectivity index (χ0n) is 12.0. The molecule has 116 valence electrons. The molecule has 0 bridgehead atoms. The van der Waals surface area contributed by atoms with Crippen molar-refractivity contribution in [3.05, 3.63) is 35.4 Å². The van der Waals surface area contributed by atoms with E-state index in [0.717, 1.165) is 24.0 Å². The van der Waals surface area contributed by atoms with Crippen molar-refractivity contribution >= 4 is 10.0 Å². The first kappa shape index (κ1) is 15.0. The molecule has 1 aromatic carbocycles. The molecular weight excluding hydrogens is 288 g/mol. The molecule has 3 N–H and O–H groups in total. The molecule has 2 aliphatic rings. The summed E-state index contributed by atoms with van der Waals surface area (Å²) in [4.78, 5) is 0. The van der Waals surface area contributed by atoms with Crippen LogP contribution in [0, 0.1) is 11.8 Å². The summed E-state index contributed by atoms with van der Waals surface area (Å²) in [6, 6.07) is 7.39. The van der Waals surface area contributed by atoms with E-state index in [-0.39, 0.29) is 17.8 Å². The maximum absolute atomic E-state index is 12.5. The standard InChI is InChI=1S/C15H22N2O3S/c16-7-11-1-3-12(4-2-11)10-21(19,20)17-8-13-5-6-15(18)14(13)9-17/h1-4,13-15,18H,5-10,16H2. The predicted molar refractivity (Wildman–Crippen MR) is 80.8 cm³/mol. The van der Waals surface area contributed by atoms with Gasteiger partial charge in [-0.1, -0.05) is 24.3 Å². The third-order valence-electron chi connectivity index (χ3n) is 4.79. The third kappa shape index (κ3) is 2.99. The molecule has 1 heterocycles. The van der Waals surface area contributed by atoms with Crippen LogP contribution in [-0.4, -0.2) is 37.0 Å². The molecule has 1 aliphatic carbocycles. The highest BCUT2D eigenvalue weighted by Gasteiger charge is 2.45.